The van der Waals surface area contributed by atoms with Gasteiger partial charge in [-0.05, 0) is 64.6 Å². The van der Waals surface area contributed by atoms with Crippen LogP contribution >= 0.6 is 0 Å². The molecule has 2 aromatic carbocycles. The molecule has 2 heterocycles. The van der Waals surface area contributed by atoms with Crippen molar-refractivity contribution < 1.29 is 9.90 Å². The Kier molecular flexibility index (Phi) is 5.52. The first-order valence-corrected chi connectivity index (χ1v) is 9.75. The molecule has 2 N–H and O–H groups in total. The number of rotatable bonds is 6. The van der Waals surface area contributed by atoms with Gasteiger partial charge < -0.3 is 5.11 Å². The lowest BCUT2D eigenvalue weighted by Gasteiger charge is -2.16. The average Bonchev–Trinajstić information content (AvgIpc) is 3.25. The number of nitrogens with zero attached hydrogens (tertiary/aromatic N) is 2. The first-order valence-electron chi connectivity index (χ1n) is 9.75. The van der Waals surface area contributed by atoms with Crippen LogP contribution in [0.3, 0.4) is 0 Å². The summed E-state index contributed by atoms with van der Waals surface area (Å²) in [6, 6.07) is 20.1. The number of carboxylic acid groups (broad SMARTS) is 1. The number of aromatic nitrogens is 3. The van der Waals surface area contributed by atoms with Crippen molar-refractivity contribution in [2.45, 2.75) is 13.3 Å². The van der Waals surface area contributed by atoms with Gasteiger partial charge >= 0.3 is 5.97 Å². The predicted octanol–water partition coefficient (Wildman–Crippen LogP) is 5.42. The highest BCUT2D eigenvalue weighted by Gasteiger charge is 2.14. The molecule has 0 saturated carbocycles. The summed E-state index contributed by atoms with van der Waals surface area (Å²) in [4.78, 5) is 15.4. The zero-order valence-electron chi connectivity index (χ0n) is 16.5. The van der Waals surface area contributed by atoms with Crippen LogP contribution in [0.2, 0.25) is 0 Å². The van der Waals surface area contributed by atoms with E-state index in [0.717, 1.165) is 56.9 Å². The van der Waals surface area contributed by atoms with Crippen LogP contribution in [0, 0.1) is 0 Å². The summed E-state index contributed by atoms with van der Waals surface area (Å²) < 4.78 is 0. The number of fused-ring (bicyclic) bond motifs is 1. The Labute approximate surface area is 174 Å². The lowest BCUT2D eigenvalue weighted by Crippen LogP contribution is -1.97. The summed E-state index contributed by atoms with van der Waals surface area (Å²) in [5, 5.41) is 17.0. The first-order chi connectivity index (χ1) is 14.7. The molecule has 0 radical (unpaired) electrons. The van der Waals surface area contributed by atoms with Crippen molar-refractivity contribution in [3.63, 3.8) is 0 Å². The normalized spacial score (nSPS) is 12.3. The average molecular weight is 395 g/mol. The third-order valence-electron chi connectivity index (χ3n) is 4.98. The molecule has 4 rings (SSSR count). The van der Waals surface area contributed by atoms with Gasteiger partial charge in [-0.15, -0.1) is 0 Å². The summed E-state index contributed by atoms with van der Waals surface area (Å²) in [6.07, 6.45) is 7.18. The summed E-state index contributed by atoms with van der Waals surface area (Å²) >= 11 is 0. The van der Waals surface area contributed by atoms with E-state index in [2.05, 4.69) is 34.2 Å². The van der Waals surface area contributed by atoms with Gasteiger partial charge in [0.05, 0.1) is 17.4 Å². The summed E-state index contributed by atoms with van der Waals surface area (Å²) in [5.74, 6) is -0.962. The van der Waals surface area contributed by atoms with Crippen LogP contribution in [0.1, 0.15) is 35.7 Å². The number of aromatic amines is 1. The van der Waals surface area contributed by atoms with Crippen molar-refractivity contribution in [2.24, 2.45) is 0 Å². The molecule has 4 aromatic rings. The largest absolute Gasteiger partial charge is 0.478 e. The van der Waals surface area contributed by atoms with E-state index >= 15 is 0 Å². The lowest BCUT2D eigenvalue weighted by molar-refractivity contribution is -0.131. The minimum atomic E-state index is -0.962. The molecule has 2 aromatic heterocycles. The Balaban J connectivity index is 1.89. The molecule has 5 nitrogen and oxygen atoms in total. The van der Waals surface area contributed by atoms with Gasteiger partial charge in [-0.3, -0.25) is 10.1 Å². The van der Waals surface area contributed by atoms with E-state index < -0.39 is 5.97 Å². The zero-order chi connectivity index (χ0) is 20.9. The SMILES string of the molecule is CC/C(=C(/c1ccc(/C=C/C(=O)O)cc1)c1ccc2[nH]ncc2c1)c1ccccn1. The number of allylic oxidation sites excluding steroid dienone is 1. The van der Waals surface area contributed by atoms with Crippen molar-refractivity contribution in [1.82, 2.24) is 15.2 Å². The van der Waals surface area contributed by atoms with E-state index in [1.54, 1.807) is 6.08 Å². The van der Waals surface area contributed by atoms with Crippen LogP contribution in [0.15, 0.2) is 79.1 Å². The number of benzene rings is 2. The minimum Gasteiger partial charge on any atom is -0.478 e. The molecule has 0 atom stereocenters. The molecule has 0 amide bonds. The monoisotopic (exact) mass is 395 g/mol. The molecule has 5 heteroatoms. The molecule has 0 unspecified atom stereocenters. The first kappa shape index (κ1) is 19.3. The molecule has 0 aliphatic heterocycles. The third-order valence-corrected chi connectivity index (χ3v) is 4.98. The van der Waals surface area contributed by atoms with E-state index in [1.165, 1.54) is 0 Å². The van der Waals surface area contributed by atoms with Crippen LogP contribution in [0.25, 0.3) is 28.1 Å². The fraction of sp³-hybridized carbons (Fsp3) is 0.0800. The van der Waals surface area contributed by atoms with E-state index in [0.29, 0.717) is 0 Å². The van der Waals surface area contributed by atoms with Gasteiger partial charge in [-0.1, -0.05) is 43.3 Å². The van der Waals surface area contributed by atoms with E-state index in [-0.39, 0.29) is 0 Å². The van der Waals surface area contributed by atoms with Gasteiger partial charge in [-0.2, -0.15) is 5.10 Å². The standard InChI is InChI=1S/C25H21N3O2/c1-2-21(23-5-3-4-14-26-23)25(19-11-12-22-20(15-19)16-27-28-22)18-9-6-17(7-10-18)8-13-24(29)30/h3-16H,2H2,1H3,(H,27,28)(H,29,30)/b13-8+,25-21+. The van der Waals surface area contributed by atoms with Crippen LogP contribution in [0.4, 0.5) is 0 Å². The maximum atomic E-state index is 10.8. The van der Waals surface area contributed by atoms with Crippen molar-refractivity contribution in [2.75, 3.05) is 0 Å². The predicted molar refractivity (Wildman–Crippen MR) is 120 cm³/mol. The van der Waals surface area contributed by atoms with E-state index in [9.17, 15) is 4.79 Å². The molecule has 148 valence electrons. The van der Waals surface area contributed by atoms with Crippen LogP contribution in [-0.2, 0) is 4.79 Å². The second-order valence-electron chi connectivity index (χ2n) is 6.89. The molecular weight excluding hydrogens is 374 g/mol. The van der Waals surface area contributed by atoms with Crippen LogP contribution in [0.5, 0.6) is 0 Å². The quantitative estimate of drug-likeness (QED) is 0.427. The van der Waals surface area contributed by atoms with Gasteiger partial charge in [0.2, 0.25) is 0 Å². The second kappa shape index (κ2) is 8.57. The Hall–Kier alpha value is -3.99. The molecule has 0 saturated heterocycles. The minimum absolute atomic E-state index is 0.816. The smallest absolute Gasteiger partial charge is 0.328 e. The van der Waals surface area contributed by atoms with Gasteiger partial charge in [0.15, 0.2) is 0 Å². The fourth-order valence-electron chi connectivity index (χ4n) is 3.57. The Morgan fingerprint density at radius 1 is 1.07 bits per heavy atom. The number of hydrogen-bond donors (Lipinski definition) is 2. The lowest BCUT2D eigenvalue weighted by atomic mass is 9.89. The molecule has 0 aliphatic carbocycles. The van der Waals surface area contributed by atoms with Crippen LogP contribution < -0.4 is 0 Å². The Morgan fingerprint density at radius 3 is 2.57 bits per heavy atom. The van der Waals surface area contributed by atoms with Gasteiger partial charge in [0.25, 0.3) is 0 Å². The van der Waals surface area contributed by atoms with Crippen molar-refractivity contribution in [1.29, 1.82) is 0 Å². The molecular formula is C25H21N3O2. The van der Waals surface area contributed by atoms with E-state index in [4.69, 9.17) is 5.11 Å². The summed E-state index contributed by atoms with van der Waals surface area (Å²) in [7, 11) is 0. The van der Waals surface area contributed by atoms with E-state index in [1.807, 2.05) is 60.9 Å². The molecule has 0 fully saturated rings. The second-order valence-corrected chi connectivity index (χ2v) is 6.89. The Morgan fingerprint density at radius 2 is 1.87 bits per heavy atom. The highest BCUT2D eigenvalue weighted by Crippen LogP contribution is 2.34. The number of hydrogen-bond acceptors (Lipinski definition) is 3. The van der Waals surface area contributed by atoms with Gasteiger partial charge in [0, 0.05) is 17.7 Å². The topological polar surface area (TPSA) is 78.9 Å². The Bertz CT molecular complexity index is 1240. The molecule has 0 aliphatic rings. The van der Waals surface area contributed by atoms with Crippen molar-refractivity contribution in [3.8, 4) is 0 Å². The zero-order valence-corrected chi connectivity index (χ0v) is 16.5. The molecule has 0 spiro atoms. The highest BCUT2D eigenvalue weighted by atomic mass is 16.4. The number of H-pyrrole nitrogens is 1. The van der Waals surface area contributed by atoms with Crippen molar-refractivity contribution in [3.05, 3.63) is 102 Å². The number of aliphatic carboxylic acids is 1. The van der Waals surface area contributed by atoms with Gasteiger partial charge in [-0.25, -0.2) is 4.79 Å². The fourth-order valence-corrected chi connectivity index (χ4v) is 3.57. The number of carboxylic acids is 1. The van der Waals surface area contributed by atoms with Crippen molar-refractivity contribution >= 4 is 34.1 Å². The summed E-state index contributed by atoms with van der Waals surface area (Å²) in [5.41, 5.74) is 7.15. The van der Waals surface area contributed by atoms with Crippen LogP contribution in [-0.4, -0.2) is 26.3 Å². The maximum Gasteiger partial charge on any atom is 0.328 e. The molecule has 30 heavy (non-hydrogen) atoms. The number of carbonyl (C=O) groups is 1. The third kappa shape index (κ3) is 4.05. The summed E-state index contributed by atoms with van der Waals surface area (Å²) in [6.45, 7) is 2.13. The molecule has 0 bridgehead atoms. The van der Waals surface area contributed by atoms with Gasteiger partial charge in [0.1, 0.15) is 0 Å². The highest BCUT2D eigenvalue weighted by molar-refractivity contribution is 6.00. The number of pyridine rings is 1. The number of nitrogens with one attached hydrogen (secondary N) is 1. The maximum absolute atomic E-state index is 10.8.